The van der Waals surface area contributed by atoms with Crippen molar-refractivity contribution in [2.45, 2.75) is 53.5 Å². The Morgan fingerprint density at radius 2 is 2.06 bits per heavy atom. The summed E-state index contributed by atoms with van der Waals surface area (Å²) in [5, 5.41) is 3.58. The third kappa shape index (κ3) is 4.55. The zero-order chi connectivity index (χ0) is 12.9. The van der Waals surface area contributed by atoms with E-state index in [1.54, 1.807) is 6.26 Å². The standard InChI is InChI=1S/C15H27NO/c1-6-9-16-13(14-8-7-10-17-14)11-12(2)15(3,4)5/h7-8,10,12-13,16H,6,9,11H2,1-5H3. The largest absolute Gasteiger partial charge is 0.468 e. The third-order valence-corrected chi connectivity index (χ3v) is 3.60. The van der Waals surface area contributed by atoms with E-state index in [0.29, 0.717) is 17.4 Å². The zero-order valence-electron chi connectivity index (χ0n) is 11.9. The Kier molecular flexibility index (Phi) is 5.26. The first-order valence-corrected chi connectivity index (χ1v) is 6.72. The molecule has 1 heterocycles. The molecule has 0 aliphatic rings. The van der Waals surface area contributed by atoms with Crippen LogP contribution in [0.2, 0.25) is 0 Å². The summed E-state index contributed by atoms with van der Waals surface area (Å²) in [5.41, 5.74) is 0.346. The second-order valence-corrected chi connectivity index (χ2v) is 6.02. The van der Waals surface area contributed by atoms with Crippen LogP contribution in [0.15, 0.2) is 22.8 Å². The molecule has 0 aromatic carbocycles. The van der Waals surface area contributed by atoms with Gasteiger partial charge in [0.1, 0.15) is 5.76 Å². The van der Waals surface area contributed by atoms with Gasteiger partial charge in [-0.3, -0.25) is 0 Å². The second kappa shape index (κ2) is 6.25. The highest BCUT2D eigenvalue weighted by Gasteiger charge is 2.25. The van der Waals surface area contributed by atoms with Crippen molar-refractivity contribution in [1.29, 1.82) is 0 Å². The Balaban J connectivity index is 2.64. The highest BCUT2D eigenvalue weighted by Crippen LogP contribution is 2.33. The third-order valence-electron chi connectivity index (χ3n) is 3.60. The summed E-state index contributed by atoms with van der Waals surface area (Å²) < 4.78 is 5.54. The number of nitrogens with one attached hydrogen (secondary N) is 1. The van der Waals surface area contributed by atoms with Crippen LogP contribution in [0.3, 0.4) is 0 Å². The molecule has 1 aromatic rings. The van der Waals surface area contributed by atoms with Gasteiger partial charge in [-0.05, 0) is 42.9 Å². The van der Waals surface area contributed by atoms with Crippen molar-refractivity contribution in [2.75, 3.05) is 6.54 Å². The fraction of sp³-hybridized carbons (Fsp3) is 0.733. The minimum Gasteiger partial charge on any atom is -0.468 e. The molecular weight excluding hydrogens is 210 g/mol. The van der Waals surface area contributed by atoms with Crippen molar-refractivity contribution in [2.24, 2.45) is 11.3 Å². The molecule has 0 bridgehead atoms. The van der Waals surface area contributed by atoms with Crippen molar-refractivity contribution < 1.29 is 4.42 Å². The van der Waals surface area contributed by atoms with Gasteiger partial charge in [-0.15, -0.1) is 0 Å². The van der Waals surface area contributed by atoms with Gasteiger partial charge in [0.15, 0.2) is 0 Å². The topological polar surface area (TPSA) is 25.2 Å². The molecule has 2 unspecified atom stereocenters. The molecule has 0 spiro atoms. The predicted molar refractivity (Wildman–Crippen MR) is 73.0 cm³/mol. The van der Waals surface area contributed by atoms with Crippen molar-refractivity contribution in [3.05, 3.63) is 24.2 Å². The lowest BCUT2D eigenvalue weighted by Crippen LogP contribution is -2.27. The summed E-state index contributed by atoms with van der Waals surface area (Å²) in [5.74, 6) is 1.72. The van der Waals surface area contributed by atoms with Gasteiger partial charge >= 0.3 is 0 Å². The first-order chi connectivity index (χ1) is 7.95. The molecular formula is C15H27NO. The van der Waals surface area contributed by atoms with Gasteiger partial charge in [0.2, 0.25) is 0 Å². The second-order valence-electron chi connectivity index (χ2n) is 6.02. The van der Waals surface area contributed by atoms with E-state index in [1.807, 2.05) is 6.07 Å². The highest BCUT2D eigenvalue weighted by atomic mass is 16.3. The normalized spacial score (nSPS) is 15.8. The lowest BCUT2D eigenvalue weighted by atomic mass is 9.78. The maximum absolute atomic E-state index is 5.54. The van der Waals surface area contributed by atoms with E-state index in [0.717, 1.165) is 25.1 Å². The SMILES string of the molecule is CCCNC(CC(C)C(C)(C)C)c1ccco1. The molecule has 1 aromatic heterocycles. The molecule has 0 aliphatic heterocycles. The van der Waals surface area contributed by atoms with Crippen LogP contribution in [-0.2, 0) is 0 Å². The Morgan fingerprint density at radius 1 is 1.35 bits per heavy atom. The molecule has 98 valence electrons. The van der Waals surface area contributed by atoms with Gasteiger partial charge < -0.3 is 9.73 Å². The number of hydrogen-bond donors (Lipinski definition) is 1. The van der Waals surface area contributed by atoms with Gasteiger partial charge in [-0.2, -0.15) is 0 Å². The van der Waals surface area contributed by atoms with E-state index in [2.05, 4.69) is 46.0 Å². The summed E-state index contributed by atoms with van der Waals surface area (Å²) in [7, 11) is 0. The van der Waals surface area contributed by atoms with Crippen LogP contribution >= 0.6 is 0 Å². The van der Waals surface area contributed by atoms with Crippen LogP contribution in [0.5, 0.6) is 0 Å². The quantitative estimate of drug-likeness (QED) is 0.793. The number of hydrogen-bond acceptors (Lipinski definition) is 2. The maximum atomic E-state index is 5.54. The molecule has 0 aliphatic carbocycles. The summed E-state index contributed by atoms with van der Waals surface area (Å²) in [6.07, 6.45) is 4.04. The zero-order valence-corrected chi connectivity index (χ0v) is 11.9. The van der Waals surface area contributed by atoms with Crippen LogP contribution in [-0.4, -0.2) is 6.54 Å². The smallest absolute Gasteiger partial charge is 0.120 e. The first kappa shape index (κ1) is 14.3. The van der Waals surface area contributed by atoms with Crippen molar-refractivity contribution in [3.63, 3.8) is 0 Å². The van der Waals surface area contributed by atoms with Crippen LogP contribution in [0.4, 0.5) is 0 Å². The molecule has 2 heteroatoms. The van der Waals surface area contributed by atoms with E-state index in [-0.39, 0.29) is 0 Å². The van der Waals surface area contributed by atoms with Crippen LogP contribution in [0.25, 0.3) is 0 Å². The average Bonchev–Trinajstić information content (AvgIpc) is 2.75. The van der Waals surface area contributed by atoms with Gasteiger partial charge in [-0.1, -0.05) is 34.6 Å². The summed E-state index contributed by atoms with van der Waals surface area (Å²) >= 11 is 0. The van der Waals surface area contributed by atoms with Crippen LogP contribution < -0.4 is 5.32 Å². The van der Waals surface area contributed by atoms with E-state index < -0.39 is 0 Å². The maximum Gasteiger partial charge on any atom is 0.120 e. The fourth-order valence-electron chi connectivity index (χ4n) is 1.82. The van der Waals surface area contributed by atoms with Crippen LogP contribution in [0.1, 0.15) is 59.3 Å². The van der Waals surface area contributed by atoms with Gasteiger partial charge in [0.25, 0.3) is 0 Å². The van der Waals surface area contributed by atoms with Crippen molar-refractivity contribution in [1.82, 2.24) is 5.32 Å². The van der Waals surface area contributed by atoms with Crippen molar-refractivity contribution >= 4 is 0 Å². The molecule has 0 saturated carbocycles. The van der Waals surface area contributed by atoms with Gasteiger partial charge in [0.05, 0.1) is 12.3 Å². The minimum absolute atomic E-state index is 0.346. The van der Waals surface area contributed by atoms with E-state index >= 15 is 0 Å². The van der Waals surface area contributed by atoms with Crippen LogP contribution in [0, 0.1) is 11.3 Å². The number of furan rings is 1. The molecule has 2 atom stereocenters. The fourth-order valence-corrected chi connectivity index (χ4v) is 1.82. The number of rotatable bonds is 6. The Bertz CT molecular complexity index is 297. The summed E-state index contributed by atoms with van der Waals surface area (Å²) in [6, 6.07) is 4.39. The van der Waals surface area contributed by atoms with Crippen molar-refractivity contribution in [3.8, 4) is 0 Å². The molecule has 1 N–H and O–H groups in total. The summed E-state index contributed by atoms with van der Waals surface area (Å²) in [6.45, 7) is 12.5. The Morgan fingerprint density at radius 3 is 2.53 bits per heavy atom. The average molecular weight is 237 g/mol. The molecule has 1 rings (SSSR count). The monoisotopic (exact) mass is 237 g/mol. The highest BCUT2D eigenvalue weighted by molar-refractivity contribution is 5.04. The van der Waals surface area contributed by atoms with E-state index in [4.69, 9.17) is 4.42 Å². The minimum atomic E-state index is 0.346. The van der Waals surface area contributed by atoms with E-state index in [1.165, 1.54) is 0 Å². The molecule has 0 fully saturated rings. The molecule has 0 saturated heterocycles. The first-order valence-electron chi connectivity index (χ1n) is 6.72. The van der Waals surface area contributed by atoms with Gasteiger partial charge in [0, 0.05) is 0 Å². The van der Waals surface area contributed by atoms with E-state index in [9.17, 15) is 0 Å². The molecule has 0 radical (unpaired) electrons. The predicted octanol–water partition coefficient (Wildman–Crippen LogP) is 4.39. The lowest BCUT2D eigenvalue weighted by molar-refractivity contribution is 0.214. The summed E-state index contributed by atoms with van der Waals surface area (Å²) in [4.78, 5) is 0. The molecule has 17 heavy (non-hydrogen) atoms. The lowest BCUT2D eigenvalue weighted by Gasteiger charge is -2.30. The molecule has 0 amide bonds. The van der Waals surface area contributed by atoms with Gasteiger partial charge in [-0.25, -0.2) is 0 Å². The Labute approximate surface area is 106 Å². The Hall–Kier alpha value is -0.760. The molecule has 2 nitrogen and oxygen atoms in total.